The predicted molar refractivity (Wildman–Crippen MR) is 207 cm³/mol. The first-order chi connectivity index (χ1) is 25.4. The highest BCUT2D eigenvalue weighted by molar-refractivity contribution is 7.80. The molecule has 6 rings (SSSR count). The molecule has 5 aromatic carbocycles. The summed E-state index contributed by atoms with van der Waals surface area (Å²) in [5.74, 6) is -0.621. The van der Waals surface area contributed by atoms with Gasteiger partial charge in [-0.05, 0) is 73.0 Å². The number of fused-ring (bicyclic) bond motifs is 3. The van der Waals surface area contributed by atoms with E-state index in [1.54, 1.807) is 66.7 Å². The van der Waals surface area contributed by atoms with Crippen LogP contribution >= 0.6 is 24.4 Å². The maximum Gasteiger partial charge on any atom is 0.416 e. The average Bonchev–Trinajstić information content (AvgIpc) is 3.14. The van der Waals surface area contributed by atoms with Crippen molar-refractivity contribution in [2.24, 2.45) is 0 Å². The maximum atomic E-state index is 13.8. The Morgan fingerprint density at radius 2 is 1.11 bits per heavy atom. The standard InChI is InChI=1S/C37H30F3N7O4S2/c38-37(39,40)21-9-11-22(12-10-21)45-35(52)43-19-17-41-28-13-14-29(32-31(28)33(48)25-7-3-4-8-26(25)34(32)49)42-18-20-44-36(53)46-27-15-16-30(47(50)51)24-6-2-1-5-23(24)27/h1-16,41-42H,17-20H2,(H2,43,45,52)(H2,44,46,53). The zero-order chi connectivity index (χ0) is 37.7. The highest BCUT2D eigenvalue weighted by Gasteiger charge is 2.34. The monoisotopic (exact) mass is 757 g/mol. The molecule has 0 aliphatic heterocycles. The van der Waals surface area contributed by atoms with Gasteiger partial charge in [-0.1, -0.05) is 42.5 Å². The summed E-state index contributed by atoms with van der Waals surface area (Å²) in [5.41, 5.74) is 2.15. The summed E-state index contributed by atoms with van der Waals surface area (Å²) < 4.78 is 38.6. The number of carbonyl (C=O) groups excluding carboxylic acids is 2. The average molecular weight is 758 g/mol. The number of alkyl halides is 3. The number of hydrogen-bond donors (Lipinski definition) is 6. The molecule has 0 aromatic heterocycles. The van der Waals surface area contributed by atoms with Gasteiger partial charge in [0.2, 0.25) is 0 Å². The van der Waals surface area contributed by atoms with Gasteiger partial charge < -0.3 is 31.9 Å². The van der Waals surface area contributed by atoms with Gasteiger partial charge in [-0.3, -0.25) is 19.7 Å². The second-order valence-electron chi connectivity index (χ2n) is 11.7. The van der Waals surface area contributed by atoms with E-state index < -0.39 is 16.7 Å². The van der Waals surface area contributed by atoms with Crippen LogP contribution in [0.15, 0.2) is 97.1 Å². The zero-order valence-electron chi connectivity index (χ0n) is 27.6. The van der Waals surface area contributed by atoms with Crippen molar-refractivity contribution in [2.45, 2.75) is 6.18 Å². The van der Waals surface area contributed by atoms with Crippen LogP contribution < -0.4 is 31.9 Å². The van der Waals surface area contributed by atoms with Crippen molar-refractivity contribution in [1.29, 1.82) is 0 Å². The third-order valence-electron chi connectivity index (χ3n) is 8.34. The number of ketones is 2. The van der Waals surface area contributed by atoms with Gasteiger partial charge in [-0.15, -0.1) is 0 Å². The molecule has 1 aliphatic rings. The van der Waals surface area contributed by atoms with E-state index in [4.69, 9.17) is 24.4 Å². The first-order valence-electron chi connectivity index (χ1n) is 16.2. The number of rotatable bonds is 11. The summed E-state index contributed by atoms with van der Waals surface area (Å²) in [6.07, 6.45) is -4.44. The molecule has 11 nitrogen and oxygen atoms in total. The number of nitrogens with zero attached hydrogens (tertiary/aromatic N) is 1. The van der Waals surface area contributed by atoms with Gasteiger partial charge in [0.15, 0.2) is 21.8 Å². The molecular formula is C37H30F3N7O4S2. The largest absolute Gasteiger partial charge is 0.416 e. The number of nitro benzene ring substituents is 1. The van der Waals surface area contributed by atoms with Crippen molar-refractivity contribution in [3.8, 4) is 0 Å². The fraction of sp³-hybridized carbons (Fsp3) is 0.135. The highest BCUT2D eigenvalue weighted by Crippen LogP contribution is 2.37. The van der Waals surface area contributed by atoms with Gasteiger partial charge >= 0.3 is 6.18 Å². The number of thiocarbonyl (C=S) groups is 2. The van der Waals surface area contributed by atoms with E-state index in [0.717, 1.165) is 12.1 Å². The molecule has 1 aliphatic carbocycles. The fourth-order valence-corrected chi connectivity index (χ4v) is 6.33. The van der Waals surface area contributed by atoms with E-state index in [-0.39, 0.29) is 51.7 Å². The number of carbonyl (C=O) groups is 2. The van der Waals surface area contributed by atoms with Crippen LogP contribution in [0.1, 0.15) is 37.4 Å². The molecule has 0 spiro atoms. The summed E-state index contributed by atoms with van der Waals surface area (Å²) in [4.78, 5) is 38.6. The van der Waals surface area contributed by atoms with E-state index in [1.807, 2.05) is 0 Å². The first-order valence-corrected chi connectivity index (χ1v) is 17.0. The minimum absolute atomic E-state index is 0.0117. The van der Waals surface area contributed by atoms with Crippen LogP contribution in [0.4, 0.5) is 41.6 Å². The Morgan fingerprint density at radius 1 is 0.623 bits per heavy atom. The van der Waals surface area contributed by atoms with Crippen LogP contribution in [0.2, 0.25) is 0 Å². The second kappa shape index (κ2) is 15.6. The van der Waals surface area contributed by atoms with Gasteiger partial charge in [0, 0.05) is 71.5 Å². The van der Waals surface area contributed by atoms with Crippen LogP contribution in [-0.4, -0.2) is 52.9 Å². The minimum Gasteiger partial charge on any atom is -0.383 e. The normalized spacial score (nSPS) is 12.0. The molecule has 270 valence electrons. The second-order valence-corrected chi connectivity index (χ2v) is 12.6. The molecule has 0 unspecified atom stereocenters. The number of benzene rings is 5. The molecule has 16 heteroatoms. The quantitative estimate of drug-likeness (QED) is 0.0340. The number of nitrogens with one attached hydrogen (secondary N) is 6. The van der Waals surface area contributed by atoms with Gasteiger partial charge in [0.1, 0.15) is 0 Å². The minimum atomic E-state index is -4.44. The number of nitro groups is 1. The van der Waals surface area contributed by atoms with Crippen molar-refractivity contribution in [3.05, 3.63) is 135 Å². The summed E-state index contributed by atoms with van der Waals surface area (Å²) in [5, 5.41) is 31.5. The van der Waals surface area contributed by atoms with Gasteiger partial charge in [-0.2, -0.15) is 13.2 Å². The molecule has 0 fully saturated rings. The third kappa shape index (κ3) is 8.18. The Bertz CT molecular complexity index is 2270. The molecule has 0 radical (unpaired) electrons. The lowest BCUT2D eigenvalue weighted by atomic mass is 9.82. The highest BCUT2D eigenvalue weighted by atomic mass is 32.1. The fourth-order valence-electron chi connectivity index (χ4n) is 5.90. The number of non-ortho nitro benzene ring substituents is 1. The molecule has 0 amide bonds. The van der Waals surface area contributed by atoms with Crippen molar-refractivity contribution < 1.29 is 27.7 Å². The van der Waals surface area contributed by atoms with Crippen LogP contribution in [0.3, 0.4) is 0 Å². The van der Waals surface area contributed by atoms with Gasteiger partial charge in [0.25, 0.3) is 5.69 Å². The molecule has 0 saturated carbocycles. The van der Waals surface area contributed by atoms with E-state index >= 15 is 0 Å². The predicted octanol–water partition coefficient (Wildman–Crippen LogP) is 7.34. The lowest BCUT2D eigenvalue weighted by Crippen LogP contribution is -2.33. The van der Waals surface area contributed by atoms with E-state index in [9.17, 15) is 32.9 Å². The Balaban J connectivity index is 1.09. The maximum absolute atomic E-state index is 13.8. The molecule has 0 saturated heterocycles. The summed E-state index contributed by atoms with van der Waals surface area (Å²) in [6, 6.07) is 24.5. The molecule has 5 aromatic rings. The lowest BCUT2D eigenvalue weighted by molar-refractivity contribution is -0.383. The summed E-state index contributed by atoms with van der Waals surface area (Å²) in [7, 11) is 0. The molecule has 6 N–H and O–H groups in total. The van der Waals surface area contributed by atoms with Crippen molar-refractivity contribution in [3.63, 3.8) is 0 Å². The molecule has 0 heterocycles. The smallest absolute Gasteiger partial charge is 0.383 e. The summed E-state index contributed by atoms with van der Waals surface area (Å²) in [6.45, 7) is 1.22. The molecular weight excluding hydrogens is 728 g/mol. The van der Waals surface area contributed by atoms with E-state index in [0.29, 0.717) is 57.7 Å². The number of hydrogen-bond acceptors (Lipinski definition) is 8. The molecule has 0 atom stereocenters. The molecule has 0 bridgehead atoms. The van der Waals surface area contributed by atoms with E-state index in [2.05, 4.69) is 31.9 Å². The van der Waals surface area contributed by atoms with Crippen molar-refractivity contribution >= 4 is 85.4 Å². The number of halogens is 3. The van der Waals surface area contributed by atoms with Crippen LogP contribution in [0, 0.1) is 10.1 Å². The Morgan fingerprint density at radius 3 is 1.64 bits per heavy atom. The Labute approximate surface area is 311 Å². The van der Waals surface area contributed by atoms with Crippen molar-refractivity contribution in [2.75, 3.05) is 47.4 Å². The zero-order valence-corrected chi connectivity index (χ0v) is 29.2. The third-order valence-corrected chi connectivity index (χ3v) is 8.84. The first kappa shape index (κ1) is 36.7. The van der Waals surface area contributed by atoms with E-state index in [1.165, 1.54) is 18.2 Å². The lowest BCUT2D eigenvalue weighted by Gasteiger charge is -2.24. The summed E-state index contributed by atoms with van der Waals surface area (Å²) >= 11 is 10.8. The van der Waals surface area contributed by atoms with Crippen LogP contribution in [0.5, 0.6) is 0 Å². The van der Waals surface area contributed by atoms with Gasteiger partial charge in [0.05, 0.1) is 27.0 Å². The van der Waals surface area contributed by atoms with Crippen LogP contribution in [0.25, 0.3) is 10.8 Å². The number of anilines is 4. The molecule has 53 heavy (non-hydrogen) atoms. The Kier molecular flexibility index (Phi) is 10.8. The van der Waals surface area contributed by atoms with Gasteiger partial charge in [-0.25, -0.2) is 0 Å². The Hall–Kier alpha value is -6.13. The van der Waals surface area contributed by atoms with Crippen molar-refractivity contribution in [1.82, 2.24) is 10.6 Å². The topological polar surface area (TPSA) is 149 Å². The SMILES string of the molecule is O=C1c2ccccc2C(=O)c2c(NCCNC(=S)Nc3ccc([N+](=O)[O-])c4ccccc34)ccc(NCCNC(=S)Nc3ccc(C(F)(F)F)cc3)c21. The van der Waals surface area contributed by atoms with Crippen LogP contribution in [-0.2, 0) is 6.18 Å².